The van der Waals surface area contributed by atoms with Gasteiger partial charge in [0, 0.05) is 12.1 Å². The number of methoxy groups -OCH3 is 1. The Hall–Kier alpha value is -3.86. The Morgan fingerprint density at radius 3 is 2.77 bits per heavy atom. The molecule has 3 amide bonds. The van der Waals surface area contributed by atoms with Crippen molar-refractivity contribution in [1.82, 2.24) is 4.90 Å². The van der Waals surface area contributed by atoms with Crippen LogP contribution in [0.15, 0.2) is 47.4 Å². The number of thioether (sulfide) groups is 1. The van der Waals surface area contributed by atoms with Crippen molar-refractivity contribution in [3.05, 3.63) is 63.0 Å². The molecule has 0 radical (unpaired) electrons. The van der Waals surface area contributed by atoms with E-state index in [0.29, 0.717) is 23.1 Å². The molecule has 1 aliphatic heterocycles. The smallest absolute Gasteiger partial charge is 0.294 e. The summed E-state index contributed by atoms with van der Waals surface area (Å²) < 4.78 is 5.12. The number of anilines is 1. The molecule has 2 N–H and O–H groups in total. The molecule has 10 nitrogen and oxygen atoms in total. The molecule has 154 valence electrons. The van der Waals surface area contributed by atoms with Gasteiger partial charge < -0.3 is 15.2 Å². The Balaban J connectivity index is 1.72. The van der Waals surface area contributed by atoms with E-state index in [1.54, 1.807) is 24.3 Å². The van der Waals surface area contributed by atoms with Crippen molar-refractivity contribution in [3.63, 3.8) is 0 Å². The van der Waals surface area contributed by atoms with Gasteiger partial charge in [-0.05, 0) is 41.6 Å². The van der Waals surface area contributed by atoms with Gasteiger partial charge in [-0.3, -0.25) is 29.4 Å². The molecular weight excluding hydrogens is 414 g/mol. The number of rotatable bonds is 6. The molecule has 0 aliphatic carbocycles. The zero-order valence-corrected chi connectivity index (χ0v) is 16.3. The van der Waals surface area contributed by atoms with E-state index in [2.05, 4.69) is 5.32 Å². The standard InChI is InChI=1S/C19H15N3O7S/c1-29-13-4-2-3-11(7-13)8-16-18(25)21(19(26)30-16)10-17(24)20-14-9-12(22(27)28)5-6-15(14)23/h2-9,23H,10H2,1H3,(H,20,24)/b16-8-. The third-order valence-electron chi connectivity index (χ3n) is 4.03. The van der Waals surface area contributed by atoms with Gasteiger partial charge in [-0.15, -0.1) is 0 Å². The van der Waals surface area contributed by atoms with Crippen LogP contribution in [0.5, 0.6) is 11.5 Å². The van der Waals surface area contributed by atoms with E-state index < -0.39 is 28.5 Å². The first-order chi connectivity index (χ1) is 14.3. The summed E-state index contributed by atoms with van der Waals surface area (Å²) in [6, 6.07) is 9.99. The maximum Gasteiger partial charge on any atom is 0.294 e. The van der Waals surface area contributed by atoms with Crippen molar-refractivity contribution in [2.24, 2.45) is 0 Å². The molecule has 1 heterocycles. The molecule has 0 saturated carbocycles. The van der Waals surface area contributed by atoms with E-state index in [1.165, 1.54) is 13.2 Å². The normalized spacial score (nSPS) is 14.8. The fourth-order valence-corrected chi connectivity index (χ4v) is 3.43. The first-order valence-corrected chi connectivity index (χ1v) is 9.27. The minimum atomic E-state index is -0.796. The number of carbonyl (C=O) groups is 3. The Labute approximate surface area is 174 Å². The molecule has 0 aromatic heterocycles. The first-order valence-electron chi connectivity index (χ1n) is 8.45. The number of ether oxygens (including phenoxy) is 1. The number of carbonyl (C=O) groups excluding carboxylic acids is 3. The fourth-order valence-electron chi connectivity index (χ4n) is 2.59. The minimum Gasteiger partial charge on any atom is -0.506 e. The summed E-state index contributed by atoms with van der Waals surface area (Å²) in [4.78, 5) is 48.0. The summed E-state index contributed by atoms with van der Waals surface area (Å²) in [6.45, 7) is -0.609. The van der Waals surface area contributed by atoms with Crippen LogP contribution in [0.1, 0.15) is 5.56 Å². The third kappa shape index (κ3) is 4.58. The highest BCUT2D eigenvalue weighted by Gasteiger charge is 2.36. The van der Waals surface area contributed by atoms with Crippen LogP contribution in [0.3, 0.4) is 0 Å². The molecule has 0 bridgehead atoms. The van der Waals surface area contributed by atoms with E-state index in [4.69, 9.17) is 4.74 Å². The lowest BCUT2D eigenvalue weighted by Gasteiger charge is -2.13. The second kappa shape index (κ2) is 8.66. The summed E-state index contributed by atoms with van der Waals surface area (Å²) in [5, 5.41) is 22.2. The maximum atomic E-state index is 12.5. The van der Waals surface area contributed by atoms with Crippen LogP contribution < -0.4 is 10.1 Å². The molecule has 0 atom stereocenters. The minimum absolute atomic E-state index is 0.138. The number of phenolic OH excluding ortho intramolecular Hbond substituents is 1. The lowest BCUT2D eigenvalue weighted by Crippen LogP contribution is -2.36. The van der Waals surface area contributed by atoms with Gasteiger partial charge in [-0.1, -0.05) is 12.1 Å². The molecule has 1 saturated heterocycles. The molecule has 0 spiro atoms. The number of nitro groups is 1. The molecule has 30 heavy (non-hydrogen) atoms. The number of benzene rings is 2. The van der Waals surface area contributed by atoms with Crippen molar-refractivity contribution in [2.45, 2.75) is 0 Å². The molecule has 0 unspecified atom stereocenters. The Morgan fingerprint density at radius 1 is 1.30 bits per heavy atom. The van der Waals surface area contributed by atoms with E-state index >= 15 is 0 Å². The van der Waals surface area contributed by atoms with Gasteiger partial charge in [-0.25, -0.2) is 0 Å². The molecule has 1 fully saturated rings. The number of amides is 3. The van der Waals surface area contributed by atoms with Crippen LogP contribution in [0.25, 0.3) is 6.08 Å². The van der Waals surface area contributed by atoms with Crippen molar-refractivity contribution in [2.75, 3.05) is 19.0 Å². The zero-order chi connectivity index (χ0) is 21.8. The second-order valence-electron chi connectivity index (χ2n) is 6.05. The Bertz CT molecular complexity index is 1080. The van der Waals surface area contributed by atoms with Gasteiger partial charge in [0.1, 0.15) is 18.0 Å². The predicted molar refractivity (Wildman–Crippen MR) is 109 cm³/mol. The van der Waals surface area contributed by atoms with Crippen molar-refractivity contribution in [3.8, 4) is 11.5 Å². The number of imide groups is 1. The van der Waals surface area contributed by atoms with Crippen LogP contribution >= 0.6 is 11.8 Å². The summed E-state index contributed by atoms with van der Waals surface area (Å²) in [6.07, 6.45) is 1.51. The molecule has 2 aromatic carbocycles. The predicted octanol–water partition coefficient (Wildman–Crippen LogP) is 2.98. The number of nitrogens with zero attached hydrogens (tertiary/aromatic N) is 2. The third-order valence-corrected chi connectivity index (χ3v) is 4.94. The molecular formula is C19H15N3O7S. The number of hydrogen-bond acceptors (Lipinski definition) is 8. The first kappa shape index (κ1) is 20.9. The van der Waals surface area contributed by atoms with E-state index in [0.717, 1.165) is 23.1 Å². The summed E-state index contributed by atoms with van der Waals surface area (Å²) >= 11 is 0.687. The quantitative estimate of drug-likeness (QED) is 0.309. The SMILES string of the molecule is COc1cccc(/C=C2\SC(=O)N(CC(=O)Nc3cc([N+](=O)[O-])ccc3O)C2=O)c1. The Kier molecular flexibility index (Phi) is 6.02. The van der Waals surface area contributed by atoms with Crippen LogP contribution in [0, 0.1) is 10.1 Å². The van der Waals surface area contributed by atoms with E-state index in [1.807, 2.05) is 0 Å². The highest BCUT2D eigenvalue weighted by molar-refractivity contribution is 8.18. The van der Waals surface area contributed by atoms with Crippen molar-refractivity contribution < 1.29 is 29.2 Å². The van der Waals surface area contributed by atoms with Crippen LogP contribution in [0.4, 0.5) is 16.2 Å². The molecule has 3 rings (SSSR count). The molecule has 11 heteroatoms. The summed E-state index contributed by atoms with van der Waals surface area (Å²) in [5.74, 6) is -1.25. The fraction of sp³-hybridized carbons (Fsp3) is 0.105. The van der Waals surface area contributed by atoms with Crippen LogP contribution in [-0.4, -0.2) is 45.6 Å². The van der Waals surface area contributed by atoms with Gasteiger partial charge in [0.25, 0.3) is 16.8 Å². The average molecular weight is 429 g/mol. The largest absolute Gasteiger partial charge is 0.506 e. The highest BCUT2D eigenvalue weighted by atomic mass is 32.2. The summed E-state index contributed by atoms with van der Waals surface area (Å²) in [7, 11) is 1.50. The van der Waals surface area contributed by atoms with E-state index in [-0.39, 0.29) is 22.0 Å². The number of hydrogen-bond donors (Lipinski definition) is 2. The lowest BCUT2D eigenvalue weighted by atomic mass is 10.2. The lowest BCUT2D eigenvalue weighted by molar-refractivity contribution is -0.384. The monoisotopic (exact) mass is 429 g/mol. The van der Waals surface area contributed by atoms with Crippen molar-refractivity contribution in [1.29, 1.82) is 0 Å². The number of phenols is 1. The number of aromatic hydroxyl groups is 1. The molecule has 2 aromatic rings. The van der Waals surface area contributed by atoms with Gasteiger partial charge in [-0.2, -0.15) is 0 Å². The summed E-state index contributed by atoms with van der Waals surface area (Å²) in [5.41, 5.74) is 0.106. The number of non-ortho nitro benzene ring substituents is 1. The highest BCUT2D eigenvalue weighted by Crippen LogP contribution is 2.33. The number of nitrogens with one attached hydrogen (secondary N) is 1. The van der Waals surface area contributed by atoms with Gasteiger partial charge >= 0.3 is 0 Å². The Morgan fingerprint density at radius 2 is 2.07 bits per heavy atom. The molecule has 1 aliphatic rings. The second-order valence-corrected chi connectivity index (χ2v) is 7.04. The maximum absolute atomic E-state index is 12.5. The van der Waals surface area contributed by atoms with Gasteiger partial charge in [0.15, 0.2) is 0 Å². The zero-order valence-electron chi connectivity index (χ0n) is 15.5. The van der Waals surface area contributed by atoms with Gasteiger partial charge in [0.05, 0.1) is 22.6 Å². The van der Waals surface area contributed by atoms with Crippen molar-refractivity contribution >= 4 is 46.3 Å². The topological polar surface area (TPSA) is 139 Å². The number of nitro benzene ring substituents is 1. The van der Waals surface area contributed by atoms with Crippen LogP contribution in [0.2, 0.25) is 0 Å². The van der Waals surface area contributed by atoms with E-state index in [9.17, 15) is 29.6 Å². The average Bonchev–Trinajstić information content (AvgIpc) is 2.97. The van der Waals surface area contributed by atoms with Gasteiger partial charge in [0.2, 0.25) is 5.91 Å². The van der Waals surface area contributed by atoms with Crippen LogP contribution in [-0.2, 0) is 9.59 Å².